The SMILES string of the molecule is COc1ccc(Cc2nnc(S[C@H](C(=O)N3CCCC3)c3ccccc3)n2N)cc1. The lowest BCUT2D eigenvalue weighted by Gasteiger charge is -2.22. The maximum atomic E-state index is 13.2. The minimum atomic E-state index is -0.398. The molecule has 3 aromatic rings. The topological polar surface area (TPSA) is 86.3 Å². The summed E-state index contributed by atoms with van der Waals surface area (Å²) >= 11 is 1.35. The molecule has 0 unspecified atom stereocenters. The lowest BCUT2D eigenvalue weighted by atomic mass is 10.1. The van der Waals surface area contributed by atoms with Crippen molar-refractivity contribution in [2.24, 2.45) is 0 Å². The summed E-state index contributed by atoms with van der Waals surface area (Å²) in [6, 6.07) is 17.6. The lowest BCUT2D eigenvalue weighted by Crippen LogP contribution is -2.31. The van der Waals surface area contributed by atoms with Crippen LogP contribution < -0.4 is 10.6 Å². The second-order valence-electron chi connectivity index (χ2n) is 7.23. The van der Waals surface area contributed by atoms with Crippen LogP contribution in [0.4, 0.5) is 0 Å². The Kier molecular flexibility index (Phi) is 6.23. The van der Waals surface area contributed by atoms with E-state index in [1.807, 2.05) is 59.5 Å². The highest BCUT2D eigenvalue weighted by atomic mass is 32.2. The van der Waals surface area contributed by atoms with Crippen molar-refractivity contribution in [3.8, 4) is 5.75 Å². The van der Waals surface area contributed by atoms with Crippen LogP contribution in [0.25, 0.3) is 0 Å². The first-order chi connectivity index (χ1) is 14.7. The number of carbonyl (C=O) groups excluding carboxylic acids is 1. The summed E-state index contributed by atoms with van der Waals surface area (Å²) in [6.07, 6.45) is 2.65. The molecule has 0 saturated carbocycles. The number of hydrogen-bond donors (Lipinski definition) is 1. The van der Waals surface area contributed by atoms with Gasteiger partial charge in [0.25, 0.3) is 0 Å². The van der Waals surface area contributed by atoms with Crippen LogP contribution in [-0.2, 0) is 11.2 Å². The molecule has 0 radical (unpaired) electrons. The van der Waals surface area contributed by atoms with Gasteiger partial charge in [-0.1, -0.05) is 54.2 Å². The van der Waals surface area contributed by atoms with E-state index in [1.54, 1.807) is 7.11 Å². The van der Waals surface area contributed by atoms with Gasteiger partial charge in [0.15, 0.2) is 5.82 Å². The van der Waals surface area contributed by atoms with Gasteiger partial charge >= 0.3 is 0 Å². The molecule has 2 heterocycles. The number of hydrogen-bond acceptors (Lipinski definition) is 6. The zero-order valence-electron chi connectivity index (χ0n) is 16.9. The predicted molar refractivity (Wildman–Crippen MR) is 117 cm³/mol. The van der Waals surface area contributed by atoms with Gasteiger partial charge in [0.1, 0.15) is 11.0 Å². The zero-order chi connectivity index (χ0) is 20.9. The van der Waals surface area contributed by atoms with E-state index in [0.717, 1.165) is 42.8 Å². The number of amides is 1. The normalized spacial score (nSPS) is 14.6. The molecule has 7 nitrogen and oxygen atoms in total. The number of rotatable bonds is 7. The molecule has 0 spiro atoms. The predicted octanol–water partition coefficient (Wildman–Crippen LogP) is 3.05. The number of ether oxygens (including phenoxy) is 1. The third kappa shape index (κ3) is 4.43. The number of thioether (sulfide) groups is 1. The van der Waals surface area contributed by atoms with Crippen molar-refractivity contribution in [3.05, 3.63) is 71.5 Å². The van der Waals surface area contributed by atoms with Crippen LogP contribution in [-0.4, -0.2) is 45.9 Å². The van der Waals surface area contributed by atoms with Crippen LogP contribution in [0.15, 0.2) is 59.8 Å². The van der Waals surface area contributed by atoms with Crippen molar-refractivity contribution in [2.75, 3.05) is 26.0 Å². The van der Waals surface area contributed by atoms with Gasteiger partial charge in [-0.3, -0.25) is 4.79 Å². The van der Waals surface area contributed by atoms with Gasteiger partial charge in [-0.05, 0) is 36.1 Å². The summed E-state index contributed by atoms with van der Waals surface area (Å²) in [5.74, 6) is 7.85. The number of nitrogens with zero attached hydrogens (tertiary/aromatic N) is 4. The Hall–Kier alpha value is -3.00. The number of likely N-dealkylation sites (tertiary alicyclic amines) is 1. The molecule has 8 heteroatoms. The third-order valence-corrected chi connectivity index (χ3v) is 6.42. The van der Waals surface area contributed by atoms with Gasteiger partial charge in [-0.15, -0.1) is 10.2 Å². The Bertz CT molecular complexity index is 985. The number of benzene rings is 2. The molecule has 1 atom stereocenters. The van der Waals surface area contributed by atoms with E-state index < -0.39 is 5.25 Å². The summed E-state index contributed by atoms with van der Waals surface area (Å²) in [5, 5.41) is 8.67. The second kappa shape index (κ2) is 9.21. The zero-order valence-corrected chi connectivity index (χ0v) is 17.7. The van der Waals surface area contributed by atoms with Gasteiger partial charge in [0.2, 0.25) is 11.1 Å². The van der Waals surface area contributed by atoms with Gasteiger partial charge in [-0.2, -0.15) is 0 Å². The molecule has 1 aliphatic heterocycles. The molecular formula is C22H25N5O2S. The van der Waals surface area contributed by atoms with Gasteiger partial charge in [0, 0.05) is 19.5 Å². The smallest absolute Gasteiger partial charge is 0.240 e. The first-order valence-electron chi connectivity index (χ1n) is 9.98. The monoisotopic (exact) mass is 423 g/mol. The summed E-state index contributed by atoms with van der Waals surface area (Å²) in [4.78, 5) is 15.1. The molecule has 1 aliphatic rings. The Morgan fingerprint density at radius 3 is 2.47 bits per heavy atom. The molecule has 0 aliphatic carbocycles. The van der Waals surface area contributed by atoms with Crippen molar-refractivity contribution < 1.29 is 9.53 Å². The standard InChI is InChI=1S/C22H25N5O2S/c1-29-18-11-9-16(10-12-18)15-19-24-25-22(27(19)23)30-20(17-7-3-2-4-8-17)21(28)26-13-5-6-14-26/h2-4,7-12,20H,5-6,13-15,23H2,1H3/t20-/m0/s1. The minimum Gasteiger partial charge on any atom is -0.497 e. The maximum absolute atomic E-state index is 13.2. The maximum Gasteiger partial charge on any atom is 0.240 e. The highest BCUT2D eigenvalue weighted by Gasteiger charge is 2.30. The molecule has 30 heavy (non-hydrogen) atoms. The number of nitrogens with two attached hydrogens (primary N) is 1. The van der Waals surface area contributed by atoms with Crippen LogP contribution in [0.1, 0.15) is 35.0 Å². The fraction of sp³-hybridized carbons (Fsp3) is 0.318. The Labute approximate surface area is 180 Å². The number of methoxy groups -OCH3 is 1. The average molecular weight is 424 g/mol. The molecular weight excluding hydrogens is 398 g/mol. The minimum absolute atomic E-state index is 0.100. The van der Waals surface area contributed by atoms with E-state index in [-0.39, 0.29) is 5.91 Å². The highest BCUT2D eigenvalue weighted by molar-refractivity contribution is 8.00. The lowest BCUT2D eigenvalue weighted by molar-refractivity contribution is -0.129. The van der Waals surface area contributed by atoms with E-state index in [4.69, 9.17) is 10.6 Å². The largest absolute Gasteiger partial charge is 0.497 e. The fourth-order valence-electron chi connectivity index (χ4n) is 3.53. The first kappa shape index (κ1) is 20.3. The second-order valence-corrected chi connectivity index (χ2v) is 8.31. The molecule has 2 aromatic carbocycles. The van der Waals surface area contributed by atoms with Crippen LogP contribution >= 0.6 is 11.8 Å². The quantitative estimate of drug-likeness (QED) is 0.464. The Morgan fingerprint density at radius 2 is 1.80 bits per heavy atom. The van der Waals surface area contributed by atoms with E-state index in [0.29, 0.717) is 17.4 Å². The van der Waals surface area contributed by atoms with E-state index in [9.17, 15) is 4.79 Å². The fourth-order valence-corrected chi connectivity index (χ4v) is 4.59. The number of aromatic nitrogens is 3. The molecule has 0 bridgehead atoms. The Morgan fingerprint density at radius 1 is 1.10 bits per heavy atom. The van der Waals surface area contributed by atoms with Gasteiger partial charge in [0.05, 0.1) is 7.11 Å². The molecule has 1 saturated heterocycles. The van der Waals surface area contributed by atoms with E-state index in [1.165, 1.54) is 16.4 Å². The van der Waals surface area contributed by atoms with E-state index >= 15 is 0 Å². The summed E-state index contributed by atoms with van der Waals surface area (Å²) in [6.45, 7) is 1.61. The molecule has 156 valence electrons. The van der Waals surface area contributed by atoms with Crippen molar-refractivity contribution in [3.63, 3.8) is 0 Å². The Balaban J connectivity index is 1.55. The van der Waals surface area contributed by atoms with Crippen LogP contribution in [0.2, 0.25) is 0 Å². The van der Waals surface area contributed by atoms with E-state index in [2.05, 4.69) is 10.2 Å². The van der Waals surface area contributed by atoms with Crippen molar-refractivity contribution in [1.82, 2.24) is 19.8 Å². The molecule has 2 N–H and O–H groups in total. The van der Waals surface area contributed by atoms with Crippen molar-refractivity contribution in [1.29, 1.82) is 0 Å². The van der Waals surface area contributed by atoms with Crippen molar-refractivity contribution in [2.45, 2.75) is 29.7 Å². The van der Waals surface area contributed by atoms with Crippen LogP contribution in [0.5, 0.6) is 5.75 Å². The molecule has 1 fully saturated rings. The molecule has 4 rings (SSSR count). The first-order valence-corrected chi connectivity index (χ1v) is 10.9. The summed E-state index contributed by atoms with van der Waals surface area (Å²) < 4.78 is 6.69. The highest BCUT2D eigenvalue weighted by Crippen LogP contribution is 2.36. The molecule has 1 aromatic heterocycles. The summed E-state index contributed by atoms with van der Waals surface area (Å²) in [5.41, 5.74) is 2.00. The third-order valence-electron chi connectivity index (χ3n) is 5.22. The number of nitrogen functional groups attached to an aromatic ring is 1. The van der Waals surface area contributed by atoms with Crippen LogP contribution in [0, 0.1) is 0 Å². The van der Waals surface area contributed by atoms with Crippen LogP contribution in [0.3, 0.4) is 0 Å². The molecule has 1 amide bonds. The summed E-state index contributed by atoms with van der Waals surface area (Å²) in [7, 11) is 1.64. The average Bonchev–Trinajstić information content (AvgIpc) is 3.44. The van der Waals surface area contributed by atoms with Crippen molar-refractivity contribution >= 4 is 17.7 Å². The van der Waals surface area contributed by atoms with Gasteiger partial charge < -0.3 is 15.5 Å². The van der Waals surface area contributed by atoms with Gasteiger partial charge in [-0.25, -0.2) is 4.68 Å². The number of carbonyl (C=O) groups is 1.